The van der Waals surface area contributed by atoms with E-state index >= 15 is 0 Å². The molecule has 108 valence electrons. The lowest BCUT2D eigenvalue weighted by atomic mass is 10.3. The highest BCUT2D eigenvalue weighted by Gasteiger charge is 2.13. The maximum Gasteiger partial charge on any atom is 0.403 e. The van der Waals surface area contributed by atoms with E-state index in [0.29, 0.717) is 22.2 Å². The first kappa shape index (κ1) is 14.6. The summed E-state index contributed by atoms with van der Waals surface area (Å²) in [5.74, 6) is 0.481. The maximum absolute atomic E-state index is 5.51. The number of hydrogen-bond acceptors (Lipinski definition) is 5. The van der Waals surface area contributed by atoms with Crippen molar-refractivity contribution in [3.05, 3.63) is 47.5 Å². The Labute approximate surface area is 122 Å². The second kappa shape index (κ2) is 6.56. The third kappa shape index (κ3) is 3.20. The average Bonchev–Trinajstić information content (AvgIpc) is 3.08. The van der Waals surface area contributed by atoms with Gasteiger partial charge in [0, 0.05) is 0 Å². The fourth-order valence-corrected chi connectivity index (χ4v) is 1.61. The van der Waals surface area contributed by atoms with Crippen molar-refractivity contribution >= 4 is 24.3 Å². The predicted molar refractivity (Wildman–Crippen MR) is 81.9 cm³/mol. The zero-order valence-corrected chi connectivity index (χ0v) is 12.0. The largest absolute Gasteiger partial charge is 0.409 e. The summed E-state index contributed by atoms with van der Waals surface area (Å²) in [5.41, 5.74) is 1.15. The summed E-state index contributed by atoms with van der Waals surface area (Å²) in [6.07, 6.45) is 10.5. The van der Waals surface area contributed by atoms with Gasteiger partial charge in [-0.05, 0) is 32.1 Å². The van der Waals surface area contributed by atoms with Gasteiger partial charge >= 0.3 is 12.2 Å². The van der Waals surface area contributed by atoms with Crippen LogP contribution in [0.2, 0.25) is 0 Å². The van der Waals surface area contributed by atoms with Crippen molar-refractivity contribution in [3.63, 3.8) is 0 Å². The minimum absolute atomic E-state index is 0.0290. The molecule has 2 rings (SSSR count). The van der Waals surface area contributed by atoms with E-state index in [-0.39, 0.29) is 12.2 Å². The molecule has 0 atom stereocenters. The van der Waals surface area contributed by atoms with Gasteiger partial charge in [0.15, 0.2) is 11.2 Å². The van der Waals surface area contributed by atoms with Crippen LogP contribution in [-0.4, -0.2) is 9.97 Å². The van der Waals surface area contributed by atoms with E-state index in [0.717, 1.165) is 0 Å². The highest BCUT2D eigenvalue weighted by atomic mass is 16.7. The van der Waals surface area contributed by atoms with Crippen LogP contribution in [-0.2, 0) is 0 Å². The number of rotatable bonds is 5. The summed E-state index contributed by atoms with van der Waals surface area (Å²) < 4.78 is 16.3. The number of ether oxygens (including phenoxy) is 1. The van der Waals surface area contributed by atoms with Crippen molar-refractivity contribution in [1.82, 2.24) is 9.97 Å². The van der Waals surface area contributed by atoms with Gasteiger partial charge in [0.1, 0.15) is 11.0 Å². The molecular weight excluding hydrogens is 268 g/mol. The van der Waals surface area contributed by atoms with E-state index in [9.17, 15) is 0 Å². The van der Waals surface area contributed by atoms with Gasteiger partial charge in [-0.3, -0.25) is 0 Å². The molecule has 2 aromatic heterocycles. The van der Waals surface area contributed by atoms with Gasteiger partial charge in [-0.25, -0.2) is 0 Å². The fraction of sp³-hybridized carbons (Fsp3) is 0.125. The lowest BCUT2D eigenvalue weighted by molar-refractivity contribution is 0.251. The molecule has 0 aliphatic heterocycles. The Kier molecular flexibility index (Phi) is 4.56. The molecular formula is C16H16N2O3. The Bertz CT molecular complexity index is 769. The Morgan fingerprint density at radius 2 is 1.81 bits per heavy atom. The normalized spacial score (nSPS) is 13.0. The summed E-state index contributed by atoms with van der Waals surface area (Å²) >= 11 is 0. The second-order valence-corrected chi connectivity index (χ2v) is 3.95. The molecule has 0 amide bonds. The van der Waals surface area contributed by atoms with Gasteiger partial charge in [-0.1, -0.05) is 31.4 Å². The average molecular weight is 284 g/mol. The number of oxazole rings is 2. The van der Waals surface area contributed by atoms with Crippen LogP contribution >= 0.6 is 0 Å². The van der Waals surface area contributed by atoms with Gasteiger partial charge in [-0.2, -0.15) is 9.97 Å². The molecule has 0 aliphatic carbocycles. The Morgan fingerprint density at radius 3 is 2.38 bits per heavy atom. The molecule has 0 unspecified atom stereocenters. The van der Waals surface area contributed by atoms with E-state index in [1.54, 1.807) is 12.2 Å². The first-order valence-corrected chi connectivity index (χ1v) is 6.41. The zero-order valence-electron chi connectivity index (χ0n) is 12.0. The summed E-state index contributed by atoms with van der Waals surface area (Å²) in [5, 5.41) is 0.683. The summed E-state index contributed by atoms with van der Waals surface area (Å²) in [4.78, 5) is 8.32. The molecule has 0 aromatic carbocycles. The lowest BCUT2D eigenvalue weighted by Crippen LogP contribution is -2.20. The Morgan fingerprint density at radius 1 is 1.05 bits per heavy atom. The van der Waals surface area contributed by atoms with E-state index in [1.165, 1.54) is 6.08 Å². The van der Waals surface area contributed by atoms with Crippen LogP contribution in [0, 0.1) is 0 Å². The SMILES string of the molecule is C=Cc1nc(Oc2nc(=C/C)/c(=C\C=C/C)o2)oc1C=C. The molecule has 0 spiro atoms. The maximum atomic E-state index is 5.51. The van der Waals surface area contributed by atoms with Crippen LogP contribution in [0.15, 0.2) is 34.1 Å². The highest BCUT2D eigenvalue weighted by molar-refractivity contribution is 5.56. The van der Waals surface area contributed by atoms with Crippen LogP contribution in [0.1, 0.15) is 25.3 Å². The third-order valence-corrected chi connectivity index (χ3v) is 2.59. The van der Waals surface area contributed by atoms with Gasteiger partial charge in [0.25, 0.3) is 0 Å². The van der Waals surface area contributed by atoms with Crippen molar-refractivity contribution in [2.45, 2.75) is 13.8 Å². The summed E-state index contributed by atoms with van der Waals surface area (Å²) in [7, 11) is 0. The van der Waals surface area contributed by atoms with Crippen LogP contribution < -0.4 is 15.5 Å². The topological polar surface area (TPSA) is 61.3 Å². The molecule has 21 heavy (non-hydrogen) atoms. The molecule has 2 heterocycles. The van der Waals surface area contributed by atoms with Gasteiger partial charge in [-0.15, -0.1) is 0 Å². The zero-order chi connectivity index (χ0) is 15.2. The number of aromatic nitrogens is 2. The molecule has 0 saturated heterocycles. The predicted octanol–water partition coefficient (Wildman–Crippen LogP) is 2.90. The van der Waals surface area contributed by atoms with Crippen LogP contribution in [0.25, 0.3) is 24.3 Å². The first-order valence-electron chi connectivity index (χ1n) is 6.41. The van der Waals surface area contributed by atoms with E-state index in [2.05, 4.69) is 23.1 Å². The number of hydrogen-bond donors (Lipinski definition) is 0. The Hall–Kier alpha value is -2.82. The fourth-order valence-electron chi connectivity index (χ4n) is 1.61. The molecule has 5 heteroatoms. The molecule has 0 aliphatic rings. The molecule has 0 radical (unpaired) electrons. The number of nitrogens with zero attached hydrogens (tertiary/aromatic N) is 2. The second-order valence-electron chi connectivity index (χ2n) is 3.95. The minimum atomic E-state index is 0.0290. The van der Waals surface area contributed by atoms with E-state index < -0.39 is 0 Å². The molecule has 2 aromatic rings. The van der Waals surface area contributed by atoms with Crippen molar-refractivity contribution in [2.24, 2.45) is 0 Å². The van der Waals surface area contributed by atoms with Gasteiger partial charge in [0.2, 0.25) is 0 Å². The van der Waals surface area contributed by atoms with Crippen LogP contribution in [0.4, 0.5) is 0 Å². The van der Waals surface area contributed by atoms with Crippen molar-refractivity contribution < 1.29 is 13.6 Å². The van der Waals surface area contributed by atoms with E-state index in [4.69, 9.17) is 13.6 Å². The minimum Gasteiger partial charge on any atom is -0.409 e. The standard InChI is InChI=1S/C16H16N2O3/c1-5-9-10-14-12(7-3)18-16(20-14)21-15-17-11(6-2)13(8-4)19-15/h5-10H,2,4H2,1,3H3/b9-5-,12-7+,14-10+. The van der Waals surface area contributed by atoms with Crippen LogP contribution in [0.5, 0.6) is 12.2 Å². The third-order valence-electron chi connectivity index (χ3n) is 2.59. The molecule has 0 saturated carbocycles. The summed E-state index contributed by atoms with van der Waals surface area (Å²) in [6, 6.07) is 0. The van der Waals surface area contributed by atoms with E-state index in [1.807, 2.05) is 32.1 Å². The highest BCUT2D eigenvalue weighted by Crippen LogP contribution is 2.22. The lowest BCUT2D eigenvalue weighted by Gasteiger charge is -1.91. The molecule has 0 fully saturated rings. The molecule has 0 N–H and O–H groups in total. The number of allylic oxidation sites excluding steroid dienone is 2. The molecule has 5 nitrogen and oxygen atoms in total. The summed E-state index contributed by atoms with van der Waals surface area (Å²) in [6.45, 7) is 11.1. The van der Waals surface area contributed by atoms with Crippen molar-refractivity contribution in [1.29, 1.82) is 0 Å². The monoisotopic (exact) mass is 284 g/mol. The quantitative estimate of drug-likeness (QED) is 0.844. The van der Waals surface area contributed by atoms with Crippen molar-refractivity contribution in [3.8, 4) is 12.2 Å². The van der Waals surface area contributed by atoms with Gasteiger partial charge in [0.05, 0.1) is 0 Å². The smallest absolute Gasteiger partial charge is 0.403 e. The Balaban J connectivity index is 2.36. The van der Waals surface area contributed by atoms with Crippen molar-refractivity contribution in [2.75, 3.05) is 0 Å². The van der Waals surface area contributed by atoms with Gasteiger partial charge < -0.3 is 13.6 Å². The van der Waals surface area contributed by atoms with Crippen LogP contribution in [0.3, 0.4) is 0 Å². The molecule has 0 bridgehead atoms. The first-order chi connectivity index (χ1) is 10.2.